The topological polar surface area (TPSA) is 194 Å². The number of aliphatic imine (C=N–C) groups is 1. The minimum absolute atomic E-state index is 0.0210. The molecule has 5 saturated heterocycles. The summed E-state index contributed by atoms with van der Waals surface area (Å²) in [5.41, 5.74) is 9.98. The van der Waals surface area contributed by atoms with Gasteiger partial charge in [-0.05, 0) is 90.6 Å². The second kappa shape index (κ2) is 21.6. The van der Waals surface area contributed by atoms with Crippen molar-refractivity contribution in [1.29, 1.82) is 0 Å². The van der Waals surface area contributed by atoms with Gasteiger partial charge in [-0.2, -0.15) is 0 Å². The Hall–Kier alpha value is -2.33. The largest absolute Gasteiger partial charge is 0.465 e. The number of carbonyl (C=O) groups excluding carboxylic acids is 2. The van der Waals surface area contributed by atoms with Crippen molar-refractivity contribution < 1.29 is 38.7 Å². The van der Waals surface area contributed by atoms with Crippen molar-refractivity contribution in [3.05, 3.63) is 12.2 Å². The van der Waals surface area contributed by atoms with E-state index in [2.05, 4.69) is 36.2 Å². The van der Waals surface area contributed by atoms with Crippen molar-refractivity contribution >= 4 is 17.8 Å². The molecule has 14 nitrogen and oxygen atoms in total. The normalized spacial score (nSPS) is 35.5. The van der Waals surface area contributed by atoms with Crippen LogP contribution in [-0.2, 0) is 28.5 Å². The Morgan fingerprint density at radius 3 is 2.32 bits per heavy atom. The van der Waals surface area contributed by atoms with Gasteiger partial charge in [0.25, 0.3) is 5.91 Å². The van der Waals surface area contributed by atoms with Gasteiger partial charge in [-0.15, -0.1) is 0 Å². The number of nitrogens with one attached hydrogen (secondary N) is 1. The van der Waals surface area contributed by atoms with Crippen molar-refractivity contribution in [2.75, 3.05) is 26.2 Å². The Morgan fingerprint density at radius 1 is 0.932 bits per heavy atom. The lowest BCUT2D eigenvalue weighted by atomic mass is 9.80. The Labute approximate surface area is 353 Å². The molecule has 6 aliphatic heterocycles. The average Bonchev–Trinajstić information content (AvgIpc) is 3.81. The highest BCUT2D eigenvalue weighted by atomic mass is 16.7. The summed E-state index contributed by atoms with van der Waals surface area (Å²) in [5, 5.41) is 25.3. The summed E-state index contributed by atoms with van der Waals surface area (Å²) in [6.07, 6.45) is 25.1. The van der Waals surface area contributed by atoms with Gasteiger partial charge in [0, 0.05) is 25.4 Å². The second-order valence-corrected chi connectivity index (χ2v) is 18.4. The molecule has 0 bridgehead atoms. The molecular formula is C45H78N6O8. The fourth-order valence-electron chi connectivity index (χ4n) is 10.8. The Morgan fingerprint density at radius 2 is 1.64 bits per heavy atom. The van der Waals surface area contributed by atoms with Crippen LogP contribution in [0.1, 0.15) is 168 Å². The zero-order valence-electron chi connectivity index (χ0n) is 36.3. The third-order valence-electron chi connectivity index (χ3n) is 13.8. The van der Waals surface area contributed by atoms with Crippen LogP contribution in [0.4, 0.5) is 0 Å². The lowest BCUT2D eigenvalue weighted by Gasteiger charge is -2.54. The van der Waals surface area contributed by atoms with Gasteiger partial charge in [-0.1, -0.05) is 89.7 Å². The fourth-order valence-corrected chi connectivity index (χ4v) is 10.8. The standard InChI is InChI=1S/C45H78N6O8/c1-3-4-20-35-24-26-43(58-35)32-34-22-23-36-38(44(25-17-19-33(2)57-44)49-42(48-43)51(34)36)40(53)56-31-16-14-12-10-8-6-5-7-9-11-13-15-21-37-39(52)50(30-18-28-46)41(54)45(55,59-37)27-29-47/h4,20,33-38,41,54-55H,3,5-19,21-32,46-47H2,1-2H3,(H,48,49)/t33-,34+,35+,36-,37-,38-,41-,43+,44-,45+/m1/s1. The summed E-state index contributed by atoms with van der Waals surface area (Å²) < 4.78 is 25.2. The van der Waals surface area contributed by atoms with Gasteiger partial charge < -0.3 is 55.7 Å². The molecule has 6 rings (SSSR count). The molecular weight excluding hydrogens is 753 g/mol. The number of carbonyl (C=O) groups is 2. The lowest BCUT2D eigenvalue weighted by molar-refractivity contribution is -0.325. The monoisotopic (exact) mass is 831 g/mol. The molecule has 336 valence electrons. The first-order valence-corrected chi connectivity index (χ1v) is 23.7. The number of unbranched alkanes of at least 4 members (excludes halogenated alkanes) is 11. The summed E-state index contributed by atoms with van der Waals surface area (Å²) in [5.74, 6) is -1.86. The quantitative estimate of drug-likeness (QED) is 0.0496. The highest BCUT2D eigenvalue weighted by Gasteiger charge is 2.62. The van der Waals surface area contributed by atoms with Gasteiger partial charge in [0.15, 0.2) is 17.9 Å². The molecule has 0 aliphatic carbocycles. The van der Waals surface area contributed by atoms with Crippen LogP contribution in [0, 0.1) is 5.92 Å². The predicted octanol–water partition coefficient (Wildman–Crippen LogP) is 5.47. The number of morpholine rings is 1. The molecule has 0 unspecified atom stereocenters. The number of allylic oxidation sites excluding steroid dienone is 1. The van der Waals surface area contributed by atoms with E-state index >= 15 is 0 Å². The molecule has 2 spiro atoms. The van der Waals surface area contributed by atoms with E-state index in [1.807, 2.05) is 0 Å². The van der Waals surface area contributed by atoms with Crippen LogP contribution < -0.4 is 16.8 Å². The molecule has 5 fully saturated rings. The zero-order valence-corrected chi connectivity index (χ0v) is 36.3. The predicted molar refractivity (Wildman–Crippen MR) is 227 cm³/mol. The summed E-state index contributed by atoms with van der Waals surface area (Å²) in [6, 6.07) is 0.318. The summed E-state index contributed by atoms with van der Waals surface area (Å²) in [6.45, 7) is 5.51. The molecule has 0 aromatic rings. The maximum Gasteiger partial charge on any atom is 0.316 e. The number of rotatable bonds is 23. The molecule has 6 aliphatic rings. The number of amides is 1. The number of aliphatic hydroxyl groups is 2. The van der Waals surface area contributed by atoms with E-state index in [1.165, 1.54) is 37.0 Å². The van der Waals surface area contributed by atoms with E-state index in [0.29, 0.717) is 32.0 Å². The van der Waals surface area contributed by atoms with Crippen molar-refractivity contribution in [3.63, 3.8) is 0 Å². The first-order valence-electron chi connectivity index (χ1n) is 23.7. The molecule has 0 saturated carbocycles. The minimum Gasteiger partial charge on any atom is -0.465 e. The van der Waals surface area contributed by atoms with Gasteiger partial charge in [-0.25, -0.2) is 4.99 Å². The first kappa shape index (κ1) is 46.2. The van der Waals surface area contributed by atoms with Gasteiger partial charge >= 0.3 is 5.97 Å². The SMILES string of the molecule is CCC=C[C@H]1CC[C@@]2(C[C@@H]3CC[C@@H]4[C@H](C(=O)OCCCCCCCCCCCCCC[C@H]5O[C@@](O)(CCN)[C@@H](O)N(CCCN)C5=O)[C@]5(CCC[C@@H](C)O5)N=C(N2)N34)O1. The van der Waals surface area contributed by atoms with E-state index < -0.39 is 35.5 Å². The number of ether oxygens (including phenoxy) is 4. The van der Waals surface area contributed by atoms with E-state index in [4.69, 9.17) is 35.4 Å². The minimum atomic E-state index is -1.85. The molecule has 14 heteroatoms. The van der Waals surface area contributed by atoms with Crippen LogP contribution in [0.5, 0.6) is 0 Å². The molecule has 0 aromatic carbocycles. The van der Waals surface area contributed by atoms with Crippen molar-refractivity contribution in [2.24, 2.45) is 22.4 Å². The Balaban J connectivity index is 0.849. The lowest BCUT2D eigenvalue weighted by Crippen LogP contribution is -2.70. The number of esters is 1. The van der Waals surface area contributed by atoms with Gasteiger partial charge in [-0.3, -0.25) is 9.59 Å². The van der Waals surface area contributed by atoms with Crippen molar-refractivity contribution in [3.8, 4) is 0 Å². The fraction of sp³-hybridized carbons (Fsp3) is 0.889. The van der Waals surface area contributed by atoms with Crippen LogP contribution in [0.2, 0.25) is 0 Å². The smallest absolute Gasteiger partial charge is 0.316 e. The number of hydrogen-bond donors (Lipinski definition) is 5. The number of nitrogens with two attached hydrogens (primary N) is 2. The molecule has 0 aromatic heterocycles. The van der Waals surface area contributed by atoms with E-state index in [1.54, 1.807) is 0 Å². The summed E-state index contributed by atoms with van der Waals surface area (Å²) in [4.78, 5) is 36.0. The number of guanidine groups is 1. The van der Waals surface area contributed by atoms with E-state index in [0.717, 1.165) is 109 Å². The average molecular weight is 831 g/mol. The molecule has 59 heavy (non-hydrogen) atoms. The number of hydrogen-bond acceptors (Lipinski definition) is 13. The summed E-state index contributed by atoms with van der Waals surface area (Å²) >= 11 is 0. The van der Waals surface area contributed by atoms with Crippen LogP contribution in [0.3, 0.4) is 0 Å². The highest BCUT2D eigenvalue weighted by molar-refractivity contribution is 5.87. The van der Waals surface area contributed by atoms with Crippen LogP contribution in [0.25, 0.3) is 0 Å². The van der Waals surface area contributed by atoms with Crippen LogP contribution in [0.15, 0.2) is 17.1 Å². The Kier molecular flexibility index (Phi) is 16.9. The number of nitrogens with zero attached hydrogens (tertiary/aromatic N) is 3. The van der Waals surface area contributed by atoms with Crippen LogP contribution >= 0.6 is 0 Å². The first-order chi connectivity index (χ1) is 28.6. The van der Waals surface area contributed by atoms with Crippen molar-refractivity contribution in [1.82, 2.24) is 15.1 Å². The maximum absolute atomic E-state index is 14.0. The molecule has 10 atom stereocenters. The molecule has 7 N–H and O–H groups in total. The zero-order chi connectivity index (χ0) is 41.9. The highest BCUT2D eigenvalue weighted by Crippen LogP contribution is 2.50. The van der Waals surface area contributed by atoms with Gasteiger partial charge in [0.05, 0.1) is 24.9 Å². The third kappa shape index (κ3) is 11.2. The number of aliphatic hydroxyl groups excluding tert-OH is 1. The second-order valence-electron chi connectivity index (χ2n) is 18.4. The van der Waals surface area contributed by atoms with E-state index in [9.17, 15) is 19.8 Å². The maximum atomic E-state index is 14.0. The van der Waals surface area contributed by atoms with Gasteiger partial charge in [0.2, 0.25) is 5.79 Å². The third-order valence-corrected chi connectivity index (χ3v) is 13.8. The molecule has 6 heterocycles. The van der Waals surface area contributed by atoms with Crippen molar-refractivity contribution in [2.45, 2.75) is 222 Å². The summed E-state index contributed by atoms with van der Waals surface area (Å²) in [7, 11) is 0. The molecule has 0 radical (unpaired) electrons. The Bertz CT molecular complexity index is 1420. The van der Waals surface area contributed by atoms with Crippen LogP contribution in [-0.4, -0.2) is 118 Å². The van der Waals surface area contributed by atoms with E-state index in [-0.39, 0.29) is 49.6 Å². The molecule has 1 amide bonds. The van der Waals surface area contributed by atoms with Gasteiger partial charge in [0.1, 0.15) is 17.7 Å².